The number of halogens is 3. The lowest BCUT2D eigenvalue weighted by atomic mass is 10.0. The number of benzene rings is 1. The van der Waals surface area contributed by atoms with E-state index in [1.54, 1.807) is 13.8 Å². The zero-order valence-electron chi connectivity index (χ0n) is 11.0. The van der Waals surface area contributed by atoms with Crippen LogP contribution in [0.15, 0.2) is 34.5 Å². The van der Waals surface area contributed by atoms with Crippen LogP contribution in [0.1, 0.15) is 25.0 Å². The number of alkyl halides is 3. The van der Waals surface area contributed by atoms with Crippen LogP contribution in [-0.4, -0.2) is 12.1 Å². The molecule has 1 aromatic rings. The van der Waals surface area contributed by atoms with E-state index in [0.29, 0.717) is 0 Å². The monoisotopic (exact) mass is 285 g/mol. The lowest BCUT2D eigenvalue weighted by Gasteiger charge is -2.15. The Balaban J connectivity index is 2.03. The maximum atomic E-state index is 12.8. The smallest absolute Gasteiger partial charge is 0.352 e. The van der Waals surface area contributed by atoms with Gasteiger partial charge in [0.1, 0.15) is 0 Å². The van der Waals surface area contributed by atoms with Crippen LogP contribution in [-0.2, 0) is 17.0 Å². The summed E-state index contributed by atoms with van der Waals surface area (Å²) in [6.45, 7) is 3.81. The van der Waals surface area contributed by atoms with Gasteiger partial charge in [-0.15, -0.1) is 10.2 Å². The van der Waals surface area contributed by atoms with E-state index in [1.165, 1.54) is 24.3 Å². The van der Waals surface area contributed by atoms with Crippen LogP contribution in [0.2, 0.25) is 0 Å². The molecule has 0 fully saturated rings. The first-order valence-corrected chi connectivity index (χ1v) is 6.14. The highest BCUT2D eigenvalue weighted by Gasteiger charge is 2.65. The van der Waals surface area contributed by atoms with Gasteiger partial charge in [-0.3, -0.25) is 4.79 Å². The normalized spacial score (nSPS) is 16.3. The lowest BCUT2D eigenvalue weighted by molar-refractivity contribution is -0.166. The van der Waals surface area contributed by atoms with Gasteiger partial charge in [-0.25, -0.2) is 0 Å². The van der Waals surface area contributed by atoms with Crippen LogP contribution < -0.4 is 5.32 Å². The molecule has 0 atom stereocenters. The molecule has 0 saturated heterocycles. The van der Waals surface area contributed by atoms with Gasteiger partial charge in [0.05, 0.1) is 0 Å². The third kappa shape index (κ3) is 2.66. The maximum Gasteiger partial charge on any atom is 0.442 e. The van der Waals surface area contributed by atoms with Crippen molar-refractivity contribution in [2.24, 2.45) is 16.1 Å². The summed E-state index contributed by atoms with van der Waals surface area (Å²) >= 11 is 0. The van der Waals surface area contributed by atoms with E-state index in [9.17, 15) is 18.0 Å². The van der Waals surface area contributed by atoms with Gasteiger partial charge in [0.2, 0.25) is 5.91 Å². The fraction of sp³-hybridized carbons (Fsp3) is 0.462. The standard InChI is InChI=1S/C13H14F3N3O/c1-8(2)11(20)17-7-9-3-5-10(6-4-9)12(18-19-12)13(14,15)16/h3-6,8H,7H2,1-2H3,(H,17,20). The molecule has 1 amide bonds. The molecule has 0 aliphatic carbocycles. The summed E-state index contributed by atoms with van der Waals surface area (Å²) in [6.07, 6.45) is -4.51. The SMILES string of the molecule is CC(C)C(=O)NCc1ccc(C2(C(F)(F)F)N=N2)cc1. The predicted molar refractivity (Wildman–Crippen MR) is 65.7 cm³/mol. The minimum Gasteiger partial charge on any atom is -0.352 e. The Morgan fingerprint density at radius 1 is 1.25 bits per heavy atom. The number of hydrogen-bond donors (Lipinski definition) is 1. The Morgan fingerprint density at radius 2 is 1.80 bits per heavy atom. The second-order valence-electron chi connectivity index (χ2n) is 4.94. The first-order chi connectivity index (χ1) is 9.26. The molecule has 20 heavy (non-hydrogen) atoms. The maximum absolute atomic E-state index is 12.8. The molecular formula is C13H14F3N3O. The first kappa shape index (κ1) is 14.5. The van der Waals surface area contributed by atoms with Crippen molar-refractivity contribution < 1.29 is 18.0 Å². The lowest BCUT2D eigenvalue weighted by Crippen LogP contribution is -2.30. The third-order valence-corrected chi connectivity index (χ3v) is 3.04. The van der Waals surface area contributed by atoms with Gasteiger partial charge < -0.3 is 5.32 Å². The topological polar surface area (TPSA) is 53.8 Å². The molecule has 0 spiro atoms. The van der Waals surface area contributed by atoms with Gasteiger partial charge >= 0.3 is 11.8 Å². The van der Waals surface area contributed by atoms with E-state index in [2.05, 4.69) is 15.5 Å². The van der Waals surface area contributed by atoms with Crippen molar-refractivity contribution in [1.29, 1.82) is 0 Å². The second-order valence-corrected chi connectivity index (χ2v) is 4.94. The summed E-state index contributed by atoms with van der Waals surface area (Å²) in [5, 5.41) is 8.96. The van der Waals surface area contributed by atoms with Crippen molar-refractivity contribution in [2.45, 2.75) is 32.2 Å². The second kappa shape index (κ2) is 4.88. The molecule has 4 nitrogen and oxygen atoms in total. The first-order valence-electron chi connectivity index (χ1n) is 6.14. The Labute approximate surface area is 114 Å². The van der Waals surface area contributed by atoms with Gasteiger partial charge in [-0.1, -0.05) is 38.1 Å². The van der Waals surface area contributed by atoms with Crippen LogP contribution in [0.25, 0.3) is 0 Å². The fourth-order valence-electron chi connectivity index (χ4n) is 1.69. The van der Waals surface area contributed by atoms with Crippen molar-refractivity contribution in [1.82, 2.24) is 5.32 Å². The zero-order chi connectivity index (χ0) is 15.0. The van der Waals surface area contributed by atoms with E-state index < -0.39 is 11.8 Å². The largest absolute Gasteiger partial charge is 0.442 e. The van der Waals surface area contributed by atoms with E-state index in [4.69, 9.17) is 0 Å². The predicted octanol–water partition coefficient (Wildman–Crippen LogP) is 3.14. The Hall–Kier alpha value is -1.92. The van der Waals surface area contributed by atoms with Crippen LogP contribution in [0.4, 0.5) is 13.2 Å². The van der Waals surface area contributed by atoms with E-state index in [1.807, 2.05) is 0 Å². The molecule has 0 saturated carbocycles. The molecule has 1 N–H and O–H groups in total. The average Bonchev–Trinajstić information content (AvgIpc) is 3.17. The van der Waals surface area contributed by atoms with Crippen LogP contribution >= 0.6 is 0 Å². The van der Waals surface area contributed by atoms with Gasteiger partial charge in [0.25, 0.3) is 0 Å². The minimum absolute atomic E-state index is 0.0102. The molecule has 0 unspecified atom stereocenters. The van der Waals surface area contributed by atoms with Crippen molar-refractivity contribution >= 4 is 5.91 Å². The minimum atomic E-state index is -4.51. The van der Waals surface area contributed by atoms with Gasteiger partial charge in [-0.2, -0.15) is 13.2 Å². The van der Waals surface area contributed by atoms with Crippen molar-refractivity contribution in [3.63, 3.8) is 0 Å². The van der Waals surface area contributed by atoms with E-state index in [0.717, 1.165) is 5.56 Å². The van der Waals surface area contributed by atoms with Crippen molar-refractivity contribution in [2.75, 3.05) is 0 Å². The number of carbonyl (C=O) groups is 1. The summed E-state index contributed by atoms with van der Waals surface area (Å²) in [5.74, 6) is -0.236. The van der Waals surface area contributed by atoms with Gasteiger partial charge in [0.15, 0.2) is 0 Å². The molecule has 0 bridgehead atoms. The summed E-state index contributed by atoms with van der Waals surface area (Å²) in [6, 6.07) is 5.74. The number of nitrogens with one attached hydrogen (secondary N) is 1. The number of nitrogens with zero attached hydrogens (tertiary/aromatic N) is 2. The quantitative estimate of drug-likeness (QED) is 0.907. The molecule has 1 aromatic carbocycles. The van der Waals surface area contributed by atoms with Crippen LogP contribution in [0.3, 0.4) is 0 Å². The van der Waals surface area contributed by atoms with E-state index >= 15 is 0 Å². The van der Waals surface area contributed by atoms with Crippen LogP contribution in [0.5, 0.6) is 0 Å². The number of amides is 1. The molecule has 1 aliphatic rings. The van der Waals surface area contributed by atoms with Crippen LogP contribution in [0, 0.1) is 5.92 Å². The fourth-order valence-corrected chi connectivity index (χ4v) is 1.69. The summed E-state index contributed by atoms with van der Waals surface area (Å²) in [5.41, 5.74) is -1.67. The van der Waals surface area contributed by atoms with Crippen molar-refractivity contribution in [3.8, 4) is 0 Å². The highest BCUT2D eigenvalue weighted by atomic mass is 19.4. The Kier molecular flexibility index (Phi) is 3.54. The molecular weight excluding hydrogens is 271 g/mol. The molecule has 0 radical (unpaired) electrons. The zero-order valence-corrected chi connectivity index (χ0v) is 11.0. The molecule has 1 aliphatic heterocycles. The molecule has 108 valence electrons. The molecule has 7 heteroatoms. The molecule has 2 rings (SSSR count). The molecule has 1 heterocycles. The van der Waals surface area contributed by atoms with Crippen molar-refractivity contribution in [3.05, 3.63) is 35.4 Å². The highest BCUT2D eigenvalue weighted by Crippen LogP contribution is 2.52. The summed E-state index contributed by atoms with van der Waals surface area (Å²) in [7, 11) is 0. The average molecular weight is 285 g/mol. The van der Waals surface area contributed by atoms with Gasteiger partial charge in [0, 0.05) is 18.0 Å². The van der Waals surface area contributed by atoms with Gasteiger partial charge in [-0.05, 0) is 5.56 Å². The van der Waals surface area contributed by atoms with E-state index in [-0.39, 0.29) is 23.9 Å². The number of hydrogen-bond acceptors (Lipinski definition) is 3. The summed E-state index contributed by atoms with van der Waals surface area (Å²) < 4.78 is 38.3. The number of rotatable bonds is 4. The Morgan fingerprint density at radius 3 is 2.20 bits per heavy atom. The highest BCUT2D eigenvalue weighted by molar-refractivity contribution is 5.77. The summed E-state index contributed by atoms with van der Waals surface area (Å²) in [4.78, 5) is 11.4. The third-order valence-electron chi connectivity index (χ3n) is 3.04. The number of carbonyl (C=O) groups excluding carboxylic acids is 1. The Bertz CT molecular complexity index is 529. The molecule has 0 aromatic heterocycles.